The summed E-state index contributed by atoms with van der Waals surface area (Å²) < 4.78 is 55.5. The zero-order valence-electron chi connectivity index (χ0n) is 9.28. The molecule has 1 aromatic heterocycles. The molecule has 0 aliphatic rings. The molecule has 19 heavy (non-hydrogen) atoms. The number of nitrogens with zero attached hydrogens (tertiary/aromatic N) is 2. The Morgan fingerprint density at radius 2 is 1.89 bits per heavy atom. The van der Waals surface area contributed by atoms with Crippen LogP contribution in [-0.4, -0.2) is 9.97 Å². The van der Waals surface area contributed by atoms with Crippen molar-refractivity contribution in [1.82, 2.24) is 9.97 Å². The average molecular weight is 273 g/mol. The number of halogens is 4. The Labute approximate surface area is 104 Å². The highest BCUT2D eigenvalue weighted by Gasteiger charge is 2.34. The van der Waals surface area contributed by atoms with E-state index in [2.05, 4.69) is 9.97 Å². The van der Waals surface area contributed by atoms with Crippen LogP contribution >= 0.6 is 0 Å². The van der Waals surface area contributed by atoms with Crippen LogP contribution in [0.4, 0.5) is 23.4 Å². The summed E-state index contributed by atoms with van der Waals surface area (Å²) in [5.74, 6) is -1.52. The molecule has 0 spiro atoms. The smallest absolute Gasteiger partial charge is 0.419 e. The van der Waals surface area contributed by atoms with E-state index in [0.29, 0.717) is 12.1 Å². The van der Waals surface area contributed by atoms with Gasteiger partial charge in [0.25, 0.3) is 0 Å². The van der Waals surface area contributed by atoms with E-state index in [1.807, 2.05) is 0 Å². The molecule has 2 N–H and O–H groups in total. The lowest BCUT2D eigenvalue weighted by atomic mass is 10.2. The van der Waals surface area contributed by atoms with Gasteiger partial charge in [0.05, 0.1) is 5.56 Å². The van der Waals surface area contributed by atoms with Crippen LogP contribution in [0.25, 0.3) is 0 Å². The fraction of sp³-hybridized carbons (Fsp3) is 0.0909. The minimum Gasteiger partial charge on any atom is -0.424 e. The Balaban J connectivity index is 2.32. The first-order valence-corrected chi connectivity index (χ1v) is 4.99. The van der Waals surface area contributed by atoms with Gasteiger partial charge in [-0.1, -0.05) is 0 Å². The van der Waals surface area contributed by atoms with Crippen LogP contribution in [0.3, 0.4) is 0 Å². The number of rotatable bonds is 2. The highest BCUT2D eigenvalue weighted by atomic mass is 19.4. The molecule has 1 aromatic carbocycles. The molecule has 0 bridgehead atoms. The van der Waals surface area contributed by atoms with Gasteiger partial charge in [0.1, 0.15) is 17.4 Å². The Kier molecular flexibility index (Phi) is 3.24. The summed E-state index contributed by atoms with van der Waals surface area (Å²) in [5.41, 5.74) is 3.94. The summed E-state index contributed by atoms with van der Waals surface area (Å²) in [6.07, 6.45) is -3.52. The Morgan fingerprint density at radius 1 is 1.16 bits per heavy atom. The lowest BCUT2D eigenvalue weighted by molar-refractivity contribution is -0.140. The summed E-state index contributed by atoms with van der Waals surface area (Å²) in [6, 6.07) is 3.39. The Bertz CT molecular complexity index is 601. The number of hydrogen-bond acceptors (Lipinski definition) is 4. The molecule has 2 aromatic rings. The second-order valence-electron chi connectivity index (χ2n) is 3.51. The summed E-state index contributed by atoms with van der Waals surface area (Å²) in [4.78, 5) is 7.31. The SMILES string of the molecule is Nc1ccnc(Oc2ccc(F)c(C(F)(F)F)c2)n1. The fourth-order valence-corrected chi connectivity index (χ4v) is 1.29. The topological polar surface area (TPSA) is 61.0 Å². The first-order valence-electron chi connectivity index (χ1n) is 4.99. The van der Waals surface area contributed by atoms with Crippen molar-refractivity contribution in [3.8, 4) is 11.8 Å². The van der Waals surface area contributed by atoms with Crippen molar-refractivity contribution in [3.63, 3.8) is 0 Å². The monoisotopic (exact) mass is 273 g/mol. The molecule has 0 aliphatic carbocycles. The normalized spacial score (nSPS) is 11.4. The van der Waals surface area contributed by atoms with E-state index in [0.717, 1.165) is 6.07 Å². The third kappa shape index (κ3) is 3.09. The molecule has 0 saturated heterocycles. The van der Waals surface area contributed by atoms with E-state index < -0.39 is 17.6 Å². The van der Waals surface area contributed by atoms with Gasteiger partial charge in [0, 0.05) is 6.20 Å². The number of nitrogens with two attached hydrogens (primary N) is 1. The molecule has 0 aliphatic heterocycles. The van der Waals surface area contributed by atoms with Crippen molar-refractivity contribution >= 4 is 5.82 Å². The zero-order chi connectivity index (χ0) is 14.0. The number of anilines is 1. The lowest BCUT2D eigenvalue weighted by Crippen LogP contribution is -2.08. The number of benzene rings is 1. The van der Waals surface area contributed by atoms with Crippen LogP contribution in [-0.2, 0) is 6.18 Å². The summed E-state index contributed by atoms with van der Waals surface area (Å²) >= 11 is 0. The Hall–Kier alpha value is -2.38. The third-order valence-corrected chi connectivity index (χ3v) is 2.11. The zero-order valence-corrected chi connectivity index (χ0v) is 9.28. The van der Waals surface area contributed by atoms with E-state index >= 15 is 0 Å². The van der Waals surface area contributed by atoms with E-state index in [1.165, 1.54) is 12.3 Å². The second-order valence-corrected chi connectivity index (χ2v) is 3.51. The maximum Gasteiger partial charge on any atom is 0.419 e. The third-order valence-electron chi connectivity index (χ3n) is 2.11. The van der Waals surface area contributed by atoms with E-state index in [-0.39, 0.29) is 17.6 Å². The average Bonchev–Trinajstić information content (AvgIpc) is 2.30. The molecule has 2 rings (SSSR count). The molecule has 0 amide bonds. The summed E-state index contributed by atoms with van der Waals surface area (Å²) in [7, 11) is 0. The van der Waals surface area contributed by atoms with Crippen LogP contribution in [0.1, 0.15) is 5.56 Å². The van der Waals surface area contributed by atoms with E-state index in [1.54, 1.807) is 0 Å². The molecule has 8 heteroatoms. The van der Waals surface area contributed by atoms with E-state index in [4.69, 9.17) is 10.5 Å². The number of aromatic nitrogens is 2. The van der Waals surface area contributed by atoms with Gasteiger partial charge >= 0.3 is 12.2 Å². The van der Waals surface area contributed by atoms with Crippen LogP contribution < -0.4 is 10.5 Å². The largest absolute Gasteiger partial charge is 0.424 e. The van der Waals surface area contributed by atoms with E-state index in [9.17, 15) is 17.6 Å². The van der Waals surface area contributed by atoms with Crippen LogP contribution in [0.5, 0.6) is 11.8 Å². The van der Waals surface area contributed by atoms with Crippen molar-refractivity contribution in [1.29, 1.82) is 0 Å². The number of ether oxygens (including phenoxy) is 1. The maximum absolute atomic E-state index is 13.0. The molecular formula is C11H7F4N3O. The van der Waals surface area contributed by atoms with Crippen molar-refractivity contribution in [2.24, 2.45) is 0 Å². The molecule has 0 saturated carbocycles. The van der Waals surface area contributed by atoms with Gasteiger partial charge in [-0.3, -0.25) is 0 Å². The highest BCUT2D eigenvalue weighted by Crippen LogP contribution is 2.34. The van der Waals surface area contributed by atoms with Gasteiger partial charge in [-0.25, -0.2) is 9.37 Å². The van der Waals surface area contributed by atoms with Gasteiger partial charge in [-0.05, 0) is 24.3 Å². The first kappa shape index (κ1) is 13.1. The predicted octanol–water partition coefficient (Wildman–Crippen LogP) is 3.01. The highest BCUT2D eigenvalue weighted by molar-refractivity contribution is 5.34. The first-order chi connectivity index (χ1) is 8.86. The Morgan fingerprint density at radius 3 is 2.53 bits per heavy atom. The van der Waals surface area contributed by atoms with Crippen molar-refractivity contribution in [2.45, 2.75) is 6.18 Å². The van der Waals surface area contributed by atoms with Gasteiger partial charge in [-0.15, -0.1) is 0 Å². The lowest BCUT2D eigenvalue weighted by Gasteiger charge is -2.10. The van der Waals surface area contributed by atoms with Gasteiger partial charge in [0.2, 0.25) is 0 Å². The second kappa shape index (κ2) is 4.71. The molecule has 100 valence electrons. The van der Waals surface area contributed by atoms with Crippen LogP contribution in [0, 0.1) is 5.82 Å². The molecule has 0 fully saturated rings. The molecule has 0 atom stereocenters. The minimum atomic E-state index is -4.81. The molecule has 4 nitrogen and oxygen atoms in total. The maximum atomic E-state index is 13.0. The minimum absolute atomic E-state index is 0.100. The number of hydrogen-bond donors (Lipinski definition) is 1. The molecule has 0 radical (unpaired) electrons. The van der Waals surface area contributed by atoms with Gasteiger partial charge in [-0.2, -0.15) is 18.2 Å². The van der Waals surface area contributed by atoms with Crippen molar-refractivity contribution < 1.29 is 22.3 Å². The number of nitrogen functional groups attached to an aromatic ring is 1. The van der Waals surface area contributed by atoms with Crippen molar-refractivity contribution in [2.75, 3.05) is 5.73 Å². The molecule has 0 unspecified atom stereocenters. The molecular weight excluding hydrogens is 266 g/mol. The van der Waals surface area contributed by atoms with Crippen LogP contribution in [0.2, 0.25) is 0 Å². The van der Waals surface area contributed by atoms with Crippen LogP contribution in [0.15, 0.2) is 30.5 Å². The summed E-state index contributed by atoms with van der Waals surface area (Å²) in [5, 5.41) is 0. The fourth-order valence-electron chi connectivity index (χ4n) is 1.29. The molecule has 1 heterocycles. The number of alkyl halides is 3. The quantitative estimate of drug-likeness (QED) is 0.854. The standard InChI is InChI=1S/C11H7F4N3O/c12-8-2-1-6(5-7(8)11(13,14)15)19-10-17-4-3-9(16)18-10/h1-5H,(H2,16,17,18). The van der Waals surface area contributed by atoms with Gasteiger partial charge in [0.15, 0.2) is 0 Å². The summed E-state index contributed by atoms with van der Waals surface area (Å²) in [6.45, 7) is 0. The van der Waals surface area contributed by atoms with Crippen molar-refractivity contribution in [3.05, 3.63) is 41.8 Å². The predicted molar refractivity (Wildman–Crippen MR) is 57.9 cm³/mol. The van der Waals surface area contributed by atoms with Gasteiger partial charge < -0.3 is 10.5 Å².